The zero-order valence-electron chi connectivity index (χ0n) is 11.1. The number of rotatable bonds is 4. The summed E-state index contributed by atoms with van der Waals surface area (Å²) >= 11 is 6.32. The number of nitrogens with one attached hydrogen (secondary N) is 1. The van der Waals surface area contributed by atoms with Crippen molar-refractivity contribution in [2.45, 2.75) is 51.7 Å². The Morgan fingerprint density at radius 2 is 2.28 bits per heavy atom. The molecule has 0 bridgehead atoms. The van der Waals surface area contributed by atoms with Gasteiger partial charge < -0.3 is 5.32 Å². The highest BCUT2D eigenvalue weighted by Gasteiger charge is 2.34. The fraction of sp³-hybridized carbons (Fsp3) is 0.769. The van der Waals surface area contributed by atoms with Gasteiger partial charge in [0, 0.05) is 19.5 Å². The summed E-state index contributed by atoms with van der Waals surface area (Å²) in [6, 6.07) is 0. The zero-order chi connectivity index (χ0) is 13.2. The van der Waals surface area contributed by atoms with Gasteiger partial charge in [-0.3, -0.25) is 4.68 Å². The van der Waals surface area contributed by atoms with Gasteiger partial charge in [-0.2, -0.15) is 5.10 Å². The first kappa shape index (κ1) is 13.8. The third-order valence-corrected chi connectivity index (χ3v) is 4.03. The Hall–Kier alpha value is -0.610. The number of hydrogen-bond donors (Lipinski definition) is 1. The Morgan fingerprint density at radius 3 is 2.83 bits per heavy atom. The summed E-state index contributed by atoms with van der Waals surface area (Å²) in [6.07, 6.45) is 2.64. The largest absolute Gasteiger partial charge is 0.314 e. The van der Waals surface area contributed by atoms with Crippen molar-refractivity contribution >= 4 is 11.6 Å². The molecule has 0 spiro atoms. The molecule has 0 aromatic carbocycles. The van der Waals surface area contributed by atoms with Crippen molar-refractivity contribution in [2.24, 2.45) is 0 Å². The molecule has 1 atom stereocenters. The maximum atomic E-state index is 14.7. The van der Waals surface area contributed by atoms with E-state index in [1.54, 1.807) is 0 Å². The topological polar surface area (TPSA) is 29.9 Å². The van der Waals surface area contributed by atoms with Crippen LogP contribution in [0.2, 0.25) is 5.02 Å². The fourth-order valence-corrected chi connectivity index (χ4v) is 2.90. The van der Waals surface area contributed by atoms with Crippen molar-refractivity contribution in [1.82, 2.24) is 15.1 Å². The number of halogens is 2. The second-order valence-corrected chi connectivity index (χ2v) is 5.36. The SMILES string of the molecule is CCc1nn(CC)c(CC2(F)CCCNC2)c1Cl. The molecule has 1 aliphatic heterocycles. The van der Waals surface area contributed by atoms with Crippen molar-refractivity contribution < 1.29 is 4.39 Å². The van der Waals surface area contributed by atoms with Gasteiger partial charge in [0.1, 0.15) is 5.67 Å². The zero-order valence-corrected chi connectivity index (χ0v) is 11.9. The molecule has 1 aromatic rings. The summed E-state index contributed by atoms with van der Waals surface area (Å²) in [5.74, 6) is 0. The van der Waals surface area contributed by atoms with Gasteiger partial charge in [-0.1, -0.05) is 18.5 Å². The Morgan fingerprint density at radius 1 is 1.50 bits per heavy atom. The summed E-state index contributed by atoms with van der Waals surface area (Å²) in [5, 5.41) is 8.22. The molecule has 1 unspecified atom stereocenters. The average Bonchev–Trinajstić information content (AvgIpc) is 2.67. The van der Waals surface area contributed by atoms with Crippen LogP contribution in [0.1, 0.15) is 38.1 Å². The van der Waals surface area contributed by atoms with Gasteiger partial charge in [0.25, 0.3) is 0 Å². The Labute approximate surface area is 113 Å². The van der Waals surface area contributed by atoms with Gasteiger partial charge in [0.15, 0.2) is 0 Å². The van der Waals surface area contributed by atoms with Gasteiger partial charge in [0.05, 0.1) is 16.4 Å². The van der Waals surface area contributed by atoms with Crippen molar-refractivity contribution in [3.05, 3.63) is 16.4 Å². The highest BCUT2D eigenvalue weighted by molar-refractivity contribution is 6.31. The predicted molar refractivity (Wildman–Crippen MR) is 71.9 cm³/mol. The maximum absolute atomic E-state index is 14.7. The standard InChI is InChI=1S/C13H21ClFN3/c1-3-10-12(14)11(18(4-2)17-10)8-13(15)6-5-7-16-9-13/h16H,3-9H2,1-2H3. The lowest BCUT2D eigenvalue weighted by Gasteiger charge is -2.30. The molecule has 102 valence electrons. The van der Waals surface area contributed by atoms with E-state index in [0.717, 1.165) is 37.3 Å². The van der Waals surface area contributed by atoms with Crippen LogP contribution < -0.4 is 5.32 Å². The van der Waals surface area contributed by atoms with E-state index in [1.807, 2.05) is 18.5 Å². The second kappa shape index (κ2) is 5.57. The van der Waals surface area contributed by atoms with E-state index in [4.69, 9.17) is 11.6 Å². The Balaban J connectivity index is 2.24. The lowest BCUT2D eigenvalue weighted by atomic mass is 9.91. The van der Waals surface area contributed by atoms with Crippen LogP contribution in [0, 0.1) is 0 Å². The minimum Gasteiger partial charge on any atom is -0.314 e. The molecular formula is C13H21ClFN3. The van der Waals surface area contributed by atoms with E-state index >= 15 is 0 Å². The molecule has 2 rings (SSSR count). The lowest BCUT2D eigenvalue weighted by molar-refractivity contribution is 0.120. The number of nitrogens with zero attached hydrogens (tertiary/aromatic N) is 2. The molecule has 0 radical (unpaired) electrons. The van der Waals surface area contributed by atoms with E-state index in [9.17, 15) is 4.39 Å². The van der Waals surface area contributed by atoms with Gasteiger partial charge in [-0.05, 0) is 32.7 Å². The molecule has 1 fully saturated rings. The van der Waals surface area contributed by atoms with Crippen molar-refractivity contribution in [3.8, 4) is 0 Å². The average molecular weight is 274 g/mol. The quantitative estimate of drug-likeness (QED) is 0.914. The summed E-state index contributed by atoms with van der Waals surface area (Å²) in [7, 11) is 0. The summed E-state index contributed by atoms with van der Waals surface area (Å²) in [5.41, 5.74) is 0.544. The van der Waals surface area contributed by atoms with Gasteiger partial charge in [0.2, 0.25) is 0 Å². The van der Waals surface area contributed by atoms with Crippen LogP contribution in [-0.4, -0.2) is 28.5 Å². The molecule has 5 heteroatoms. The first-order chi connectivity index (χ1) is 8.59. The molecule has 1 aromatic heterocycles. The smallest absolute Gasteiger partial charge is 0.129 e. The van der Waals surface area contributed by atoms with Crippen LogP contribution in [0.15, 0.2) is 0 Å². The maximum Gasteiger partial charge on any atom is 0.129 e. The molecule has 0 saturated carbocycles. The molecule has 0 aliphatic carbocycles. The molecule has 1 aliphatic rings. The van der Waals surface area contributed by atoms with E-state index in [0.29, 0.717) is 24.4 Å². The van der Waals surface area contributed by atoms with Gasteiger partial charge in [-0.15, -0.1) is 0 Å². The van der Waals surface area contributed by atoms with E-state index in [-0.39, 0.29) is 0 Å². The highest BCUT2D eigenvalue weighted by atomic mass is 35.5. The Bertz CT molecular complexity index is 411. The van der Waals surface area contributed by atoms with E-state index in [1.165, 1.54) is 0 Å². The molecule has 0 amide bonds. The first-order valence-electron chi connectivity index (χ1n) is 6.73. The Kier molecular flexibility index (Phi) is 4.28. The first-order valence-corrected chi connectivity index (χ1v) is 7.11. The third kappa shape index (κ3) is 2.69. The number of piperidine rings is 1. The predicted octanol–water partition coefficient (Wildman–Crippen LogP) is 2.75. The molecule has 2 heterocycles. The van der Waals surface area contributed by atoms with E-state index < -0.39 is 5.67 Å². The summed E-state index contributed by atoms with van der Waals surface area (Å²) in [6.45, 7) is 6.09. The van der Waals surface area contributed by atoms with Crippen molar-refractivity contribution in [3.63, 3.8) is 0 Å². The van der Waals surface area contributed by atoms with E-state index in [2.05, 4.69) is 10.4 Å². The fourth-order valence-electron chi connectivity index (χ4n) is 2.57. The molecular weight excluding hydrogens is 253 g/mol. The number of alkyl halides is 1. The highest BCUT2D eigenvalue weighted by Crippen LogP contribution is 2.30. The second-order valence-electron chi connectivity index (χ2n) is 4.98. The molecule has 18 heavy (non-hydrogen) atoms. The number of aryl methyl sites for hydroxylation is 2. The lowest BCUT2D eigenvalue weighted by Crippen LogP contribution is -2.44. The minimum absolute atomic E-state index is 0.361. The number of aromatic nitrogens is 2. The van der Waals surface area contributed by atoms with Gasteiger partial charge in [-0.25, -0.2) is 4.39 Å². The monoisotopic (exact) mass is 273 g/mol. The summed E-state index contributed by atoms with van der Waals surface area (Å²) < 4.78 is 16.5. The van der Waals surface area contributed by atoms with Crippen LogP contribution in [0.25, 0.3) is 0 Å². The van der Waals surface area contributed by atoms with Crippen LogP contribution >= 0.6 is 11.6 Å². The van der Waals surface area contributed by atoms with Crippen LogP contribution in [-0.2, 0) is 19.4 Å². The third-order valence-electron chi connectivity index (χ3n) is 3.60. The van der Waals surface area contributed by atoms with Crippen molar-refractivity contribution in [1.29, 1.82) is 0 Å². The number of hydrogen-bond acceptors (Lipinski definition) is 2. The normalized spacial score (nSPS) is 24.4. The summed E-state index contributed by atoms with van der Waals surface area (Å²) in [4.78, 5) is 0. The van der Waals surface area contributed by atoms with Crippen LogP contribution in [0.5, 0.6) is 0 Å². The molecule has 1 N–H and O–H groups in total. The van der Waals surface area contributed by atoms with Crippen molar-refractivity contribution in [2.75, 3.05) is 13.1 Å². The minimum atomic E-state index is -1.18. The van der Waals surface area contributed by atoms with Crippen LogP contribution in [0.3, 0.4) is 0 Å². The molecule has 3 nitrogen and oxygen atoms in total. The van der Waals surface area contributed by atoms with Crippen LogP contribution in [0.4, 0.5) is 4.39 Å². The molecule has 1 saturated heterocycles. The van der Waals surface area contributed by atoms with Gasteiger partial charge >= 0.3 is 0 Å².